The third kappa shape index (κ3) is 5.48. The van der Waals surface area contributed by atoms with Gasteiger partial charge in [-0.05, 0) is 43.3 Å². The monoisotopic (exact) mass is 424 g/mol. The van der Waals surface area contributed by atoms with Crippen molar-refractivity contribution < 1.29 is 28.7 Å². The van der Waals surface area contributed by atoms with Crippen molar-refractivity contribution >= 4 is 34.9 Å². The largest absolute Gasteiger partial charge is 0.482 e. The summed E-state index contributed by atoms with van der Waals surface area (Å²) in [7, 11) is 0. The van der Waals surface area contributed by atoms with Crippen LogP contribution in [0.3, 0.4) is 0 Å². The molecule has 1 atom stereocenters. The number of hydrogen-bond acceptors (Lipinski definition) is 6. The van der Waals surface area contributed by atoms with E-state index in [4.69, 9.17) is 9.47 Å². The first-order valence-corrected chi connectivity index (χ1v) is 10.0. The van der Waals surface area contributed by atoms with E-state index < -0.39 is 24.5 Å². The molecule has 1 unspecified atom stereocenters. The van der Waals surface area contributed by atoms with Crippen molar-refractivity contribution in [1.29, 1.82) is 0 Å². The topological polar surface area (TPSA) is 102 Å². The van der Waals surface area contributed by atoms with Crippen LogP contribution >= 0.6 is 0 Å². The summed E-state index contributed by atoms with van der Waals surface area (Å²) in [5, 5.41) is 2.77. The van der Waals surface area contributed by atoms with E-state index in [1.165, 1.54) is 4.90 Å². The van der Waals surface area contributed by atoms with E-state index >= 15 is 0 Å². The molecule has 1 N–H and O–H groups in total. The van der Waals surface area contributed by atoms with Crippen molar-refractivity contribution in [3.63, 3.8) is 0 Å². The molecule has 31 heavy (non-hydrogen) atoms. The Morgan fingerprint density at radius 2 is 1.77 bits per heavy atom. The van der Waals surface area contributed by atoms with Crippen molar-refractivity contribution in [2.75, 3.05) is 23.4 Å². The molecule has 0 aromatic heterocycles. The van der Waals surface area contributed by atoms with Crippen molar-refractivity contribution in [3.05, 3.63) is 54.1 Å². The number of ether oxygens (including phenoxy) is 2. The molecule has 0 spiro atoms. The van der Waals surface area contributed by atoms with Gasteiger partial charge in [-0.25, -0.2) is 4.79 Å². The zero-order valence-electron chi connectivity index (χ0n) is 17.4. The Kier molecular flexibility index (Phi) is 7.02. The number of benzene rings is 2. The van der Waals surface area contributed by atoms with Crippen LogP contribution in [0.2, 0.25) is 0 Å². The molecule has 8 nitrogen and oxygen atoms in total. The molecule has 1 aliphatic heterocycles. The fourth-order valence-corrected chi connectivity index (χ4v) is 3.30. The molecule has 8 heteroatoms. The van der Waals surface area contributed by atoms with Crippen molar-refractivity contribution in [2.45, 2.75) is 32.7 Å². The summed E-state index contributed by atoms with van der Waals surface area (Å²) in [4.78, 5) is 49.9. The Hall–Kier alpha value is -3.68. The van der Waals surface area contributed by atoms with Gasteiger partial charge in [-0.2, -0.15) is 0 Å². The lowest BCUT2D eigenvalue weighted by atomic mass is 10.1. The van der Waals surface area contributed by atoms with Crippen molar-refractivity contribution in [2.24, 2.45) is 0 Å². The van der Waals surface area contributed by atoms with Gasteiger partial charge in [0.05, 0.1) is 11.4 Å². The van der Waals surface area contributed by atoms with Crippen LogP contribution in [-0.2, 0) is 19.1 Å². The number of amides is 2. The molecular formula is C23H24N2O6. The molecule has 3 rings (SSSR count). The molecule has 2 aromatic carbocycles. The molecule has 1 heterocycles. The molecule has 162 valence electrons. The van der Waals surface area contributed by atoms with Crippen LogP contribution in [0.1, 0.15) is 37.0 Å². The minimum absolute atomic E-state index is 0.0192. The number of carbonyl (C=O) groups excluding carboxylic acids is 4. The standard InChI is InChI=1S/C23H24N2O6/c1-3-20(26)16-8-10-17(11-9-16)30-14-23(29)31-13-22(28)25-15(2)12-21(27)24-18-6-4-5-7-19(18)25/h4-11,15H,3,12-14H2,1-2H3,(H,24,27). The van der Waals surface area contributed by atoms with E-state index in [1.807, 2.05) is 0 Å². The lowest BCUT2D eigenvalue weighted by Gasteiger charge is -2.27. The maximum Gasteiger partial charge on any atom is 0.344 e. The normalized spacial score (nSPS) is 15.4. The fraction of sp³-hybridized carbons (Fsp3) is 0.304. The number of esters is 1. The number of para-hydroxylation sites is 2. The van der Waals surface area contributed by atoms with E-state index in [1.54, 1.807) is 62.4 Å². The molecule has 0 radical (unpaired) electrons. The van der Waals surface area contributed by atoms with Gasteiger partial charge in [-0.3, -0.25) is 14.4 Å². The van der Waals surface area contributed by atoms with Crippen LogP contribution < -0.4 is 15.0 Å². The molecule has 1 aliphatic rings. The summed E-state index contributed by atoms with van der Waals surface area (Å²) in [5.74, 6) is -0.896. The number of nitrogens with one attached hydrogen (secondary N) is 1. The molecule has 0 saturated heterocycles. The van der Waals surface area contributed by atoms with Gasteiger partial charge >= 0.3 is 5.97 Å². The van der Waals surface area contributed by atoms with Crippen LogP contribution in [-0.4, -0.2) is 42.8 Å². The SMILES string of the molecule is CCC(=O)c1ccc(OCC(=O)OCC(=O)N2c3ccccc3NC(=O)CC2C)cc1. The van der Waals surface area contributed by atoms with E-state index in [0.717, 1.165) is 0 Å². The predicted octanol–water partition coefficient (Wildman–Crippen LogP) is 2.97. The number of fused-ring (bicyclic) bond motifs is 1. The molecule has 0 saturated carbocycles. The zero-order valence-corrected chi connectivity index (χ0v) is 17.4. The number of hydrogen-bond donors (Lipinski definition) is 1. The molecule has 2 aromatic rings. The number of carbonyl (C=O) groups is 4. The van der Waals surface area contributed by atoms with Gasteiger partial charge in [0.2, 0.25) is 5.91 Å². The Morgan fingerprint density at radius 1 is 1.06 bits per heavy atom. The number of nitrogens with zero attached hydrogens (tertiary/aromatic N) is 1. The second-order valence-electron chi connectivity index (χ2n) is 7.13. The summed E-state index contributed by atoms with van der Waals surface area (Å²) >= 11 is 0. The molecule has 0 bridgehead atoms. The van der Waals surface area contributed by atoms with Crippen LogP contribution in [0, 0.1) is 0 Å². The zero-order chi connectivity index (χ0) is 22.4. The van der Waals surface area contributed by atoms with Gasteiger partial charge in [0, 0.05) is 24.4 Å². The maximum absolute atomic E-state index is 12.8. The maximum atomic E-state index is 12.8. The highest BCUT2D eigenvalue weighted by Crippen LogP contribution is 2.31. The van der Waals surface area contributed by atoms with Gasteiger partial charge in [0.1, 0.15) is 5.75 Å². The van der Waals surface area contributed by atoms with Gasteiger partial charge < -0.3 is 19.7 Å². The third-order valence-corrected chi connectivity index (χ3v) is 4.84. The number of ketones is 1. The van der Waals surface area contributed by atoms with Crippen LogP contribution in [0.15, 0.2) is 48.5 Å². The van der Waals surface area contributed by atoms with E-state index in [-0.39, 0.29) is 24.7 Å². The first kappa shape index (κ1) is 22.0. The lowest BCUT2D eigenvalue weighted by molar-refractivity contribution is -0.149. The molecule has 2 amide bonds. The highest BCUT2D eigenvalue weighted by Gasteiger charge is 2.30. The first-order chi connectivity index (χ1) is 14.9. The van der Waals surface area contributed by atoms with Gasteiger partial charge in [-0.1, -0.05) is 19.1 Å². The van der Waals surface area contributed by atoms with Gasteiger partial charge in [0.15, 0.2) is 19.0 Å². The first-order valence-electron chi connectivity index (χ1n) is 10.0. The van der Waals surface area contributed by atoms with Crippen molar-refractivity contribution in [3.8, 4) is 5.75 Å². The predicted molar refractivity (Wildman–Crippen MR) is 114 cm³/mol. The van der Waals surface area contributed by atoms with Gasteiger partial charge in [-0.15, -0.1) is 0 Å². The quantitative estimate of drug-likeness (QED) is 0.542. The summed E-state index contributed by atoms with van der Waals surface area (Å²) in [6.45, 7) is 2.69. The number of anilines is 2. The Balaban J connectivity index is 1.56. The minimum atomic E-state index is -0.702. The van der Waals surface area contributed by atoms with E-state index in [2.05, 4.69) is 5.32 Å². The molecule has 0 fully saturated rings. The lowest BCUT2D eigenvalue weighted by Crippen LogP contribution is -2.41. The Labute approximate surface area is 180 Å². The highest BCUT2D eigenvalue weighted by molar-refractivity contribution is 6.05. The summed E-state index contributed by atoms with van der Waals surface area (Å²) in [5.41, 5.74) is 1.66. The summed E-state index contributed by atoms with van der Waals surface area (Å²) in [6.07, 6.45) is 0.541. The average molecular weight is 424 g/mol. The molecule has 0 aliphatic carbocycles. The Bertz CT molecular complexity index is 986. The third-order valence-electron chi connectivity index (χ3n) is 4.84. The number of rotatable bonds is 7. The van der Waals surface area contributed by atoms with Crippen molar-refractivity contribution in [1.82, 2.24) is 0 Å². The second-order valence-corrected chi connectivity index (χ2v) is 7.13. The smallest absolute Gasteiger partial charge is 0.344 e. The fourth-order valence-electron chi connectivity index (χ4n) is 3.30. The highest BCUT2D eigenvalue weighted by atomic mass is 16.6. The van der Waals surface area contributed by atoms with Crippen LogP contribution in [0.25, 0.3) is 0 Å². The summed E-state index contributed by atoms with van der Waals surface area (Å²) in [6, 6.07) is 13.0. The van der Waals surface area contributed by atoms with Crippen LogP contribution in [0.5, 0.6) is 5.75 Å². The van der Waals surface area contributed by atoms with Gasteiger partial charge in [0.25, 0.3) is 5.91 Å². The second kappa shape index (κ2) is 9.88. The van der Waals surface area contributed by atoms with E-state index in [9.17, 15) is 19.2 Å². The van der Waals surface area contributed by atoms with E-state index in [0.29, 0.717) is 29.1 Å². The minimum Gasteiger partial charge on any atom is -0.482 e. The summed E-state index contributed by atoms with van der Waals surface area (Å²) < 4.78 is 10.4. The molecular weight excluding hydrogens is 400 g/mol. The van der Waals surface area contributed by atoms with Crippen LogP contribution in [0.4, 0.5) is 11.4 Å². The Morgan fingerprint density at radius 3 is 2.48 bits per heavy atom. The average Bonchev–Trinajstić information content (AvgIpc) is 2.89. The number of Topliss-reactive ketones (excluding diaryl/α,β-unsaturated/α-hetero) is 1.